The van der Waals surface area contributed by atoms with Gasteiger partial charge in [-0.25, -0.2) is 0 Å². The van der Waals surface area contributed by atoms with E-state index in [1.165, 1.54) is 0 Å². The lowest BCUT2D eigenvalue weighted by atomic mass is 10.2. The Kier molecular flexibility index (Phi) is 16.2. The van der Waals surface area contributed by atoms with Crippen molar-refractivity contribution >= 4 is 34.2 Å². The third-order valence-corrected chi connectivity index (χ3v) is 32.2. The van der Waals surface area contributed by atoms with E-state index in [2.05, 4.69) is 83.1 Å². The van der Waals surface area contributed by atoms with E-state index >= 15 is 0 Å². The van der Waals surface area contributed by atoms with Crippen LogP contribution in [0.25, 0.3) is 0 Å². The smallest absolute Gasteiger partial charge is 0.328 e. The maximum atomic E-state index is 7.98. The van der Waals surface area contributed by atoms with Gasteiger partial charge in [-0.3, -0.25) is 0 Å². The molecule has 1 aliphatic heterocycles. The summed E-state index contributed by atoms with van der Waals surface area (Å²) in [4.78, 5) is 0. The molecule has 0 radical (unpaired) electrons. The minimum atomic E-state index is -3.15. The third kappa shape index (κ3) is 10.3. The molecular weight excluding hydrogens is 625 g/mol. The van der Waals surface area contributed by atoms with Crippen LogP contribution in [0.4, 0.5) is 0 Å². The van der Waals surface area contributed by atoms with Gasteiger partial charge in [-0.2, -0.15) is 0 Å². The molecule has 12 heteroatoms. The highest BCUT2D eigenvalue weighted by molar-refractivity contribution is 6.97. The highest BCUT2D eigenvalue weighted by atomic mass is 28.5. The van der Waals surface area contributed by atoms with Crippen LogP contribution >= 0.6 is 0 Å². The maximum Gasteiger partial charge on any atom is 0.328 e. The van der Waals surface area contributed by atoms with Crippen LogP contribution in [0.15, 0.2) is 0 Å². The second-order valence-electron chi connectivity index (χ2n) is 16.2. The van der Waals surface area contributed by atoms with Crippen molar-refractivity contribution in [1.82, 2.24) is 0 Å². The molecular formula is C32H72O8Si4. The molecule has 44 heavy (non-hydrogen) atoms. The molecule has 1 saturated heterocycles. The molecule has 0 aromatic heterocycles. The van der Waals surface area contributed by atoms with Crippen molar-refractivity contribution in [3.63, 3.8) is 0 Å². The number of rotatable bonds is 16. The summed E-state index contributed by atoms with van der Waals surface area (Å²) in [6.45, 7) is 40.5. The van der Waals surface area contributed by atoms with E-state index in [9.17, 15) is 0 Å². The molecule has 0 spiro atoms. The summed E-state index contributed by atoms with van der Waals surface area (Å²) >= 11 is 0. The first-order valence-corrected chi connectivity index (χ1v) is 25.3. The number of hydrogen-bond acceptors (Lipinski definition) is 8. The molecule has 1 fully saturated rings. The van der Waals surface area contributed by atoms with Crippen molar-refractivity contribution in [3.05, 3.63) is 0 Å². The van der Waals surface area contributed by atoms with E-state index in [0.717, 1.165) is 0 Å². The number of ether oxygens (including phenoxy) is 4. The summed E-state index contributed by atoms with van der Waals surface area (Å²) in [5.74, 6) is 0. The van der Waals surface area contributed by atoms with E-state index < -0.39 is 34.2 Å². The second kappa shape index (κ2) is 16.8. The fourth-order valence-electron chi connectivity index (χ4n) is 5.69. The molecule has 0 aliphatic carbocycles. The Bertz CT molecular complexity index is 686. The average Bonchev–Trinajstić information content (AvgIpc) is 2.85. The Hall–Kier alpha value is 0.548. The minimum Gasteiger partial charge on any atom is -0.415 e. The first kappa shape index (κ1) is 42.6. The fraction of sp³-hybridized carbons (Fsp3) is 1.00. The molecule has 1 heterocycles. The SMILES string of the molecule is CCOCC[Si]1(C(C)(C)C)O[Si](CCOCC)(C(C)(C)C)O[Si](CCOCC)(C(C)(C)C)O[Si](CCOCC)(C(C)(C)C)O1. The first-order chi connectivity index (χ1) is 20.1. The summed E-state index contributed by atoms with van der Waals surface area (Å²) in [5, 5.41) is -1.13. The van der Waals surface area contributed by atoms with Crippen LogP contribution < -0.4 is 0 Å². The largest absolute Gasteiger partial charge is 0.415 e. The molecule has 0 unspecified atom stereocenters. The molecule has 1 rings (SSSR count). The zero-order valence-electron chi connectivity index (χ0n) is 31.8. The maximum absolute atomic E-state index is 7.98. The van der Waals surface area contributed by atoms with Crippen molar-refractivity contribution < 1.29 is 35.4 Å². The summed E-state index contributed by atoms with van der Waals surface area (Å²) in [6, 6.07) is 2.83. The van der Waals surface area contributed by atoms with Gasteiger partial charge in [0.25, 0.3) is 0 Å². The van der Waals surface area contributed by atoms with Crippen LogP contribution in [0.5, 0.6) is 0 Å². The molecule has 0 saturated carbocycles. The summed E-state index contributed by atoms with van der Waals surface area (Å²) < 4.78 is 56.2. The standard InChI is InChI=1S/C32H72O8Si4/c1-17-33-21-25-41(29(5,6)7)37-42(30(8,9)10,26-22-34-18-2)39-44(32(14,15)16,28-24-36-20-4)40-43(38-41,31(11,12)13)27-23-35-19-3/h17-28H2,1-16H3. The molecule has 264 valence electrons. The summed E-state index contributed by atoms with van der Waals surface area (Å²) in [6.07, 6.45) is 0. The molecule has 1 aliphatic rings. The predicted molar refractivity (Wildman–Crippen MR) is 191 cm³/mol. The van der Waals surface area contributed by atoms with Crippen molar-refractivity contribution in [1.29, 1.82) is 0 Å². The molecule has 0 aromatic rings. The molecule has 0 N–H and O–H groups in total. The van der Waals surface area contributed by atoms with Gasteiger partial charge in [-0.15, -0.1) is 0 Å². The molecule has 0 bridgehead atoms. The molecule has 0 aromatic carbocycles. The lowest BCUT2D eigenvalue weighted by Crippen LogP contribution is -2.77. The number of hydrogen-bond donors (Lipinski definition) is 0. The van der Waals surface area contributed by atoms with Gasteiger partial charge in [-0.05, 0) is 27.7 Å². The molecule has 0 atom stereocenters. The monoisotopic (exact) mass is 696 g/mol. The second-order valence-corrected chi connectivity index (χ2v) is 33.5. The van der Waals surface area contributed by atoms with Gasteiger partial charge in [0.05, 0.1) is 0 Å². The van der Waals surface area contributed by atoms with Crippen LogP contribution in [0.2, 0.25) is 44.3 Å². The topological polar surface area (TPSA) is 73.8 Å². The summed E-state index contributed by atoms with van der Waals surface area (Å²) in [7, 11) is -12.6. The molecule has 0 amide bonds. The average molecular weight is 697 g/mol. The summed E-state index contributed by atoms with van der Waals surface area (Å²) in [5.41, 5.74) is 0. The van der Waals surface area contributed by atoms with Crippen molar-refractivity contribution in [2.24, 2.45) is 0 Å². The van der Waals surface area contributed by atoms with Crippen LogP contribution in [0.1, 0.15) is 111 Å². The molecule has 8 nitrogen and oxygen atoms in total. The highest BCUT2D eigenvalue weighted by Crippen LogP contribution is 2.59. The lowest BCUT2D eigenvalue weighted by Gasteiger charge is -2.62. The van der Waals surface area contributed by atoms with Gasteiger partial charge in [0.2, 0.25) is 0 Å². The van der Waals surface area contributed by atoms with Gasteiger partial charge in [0.15, 0.2) is 0 Å². The van der Waals surface area contributed by atoms with Crippen LogP contribution in [-0.4, -0.2) is 87.1 Å². The predicted octanol–water partition coefficient (Wildman–Crippen LogP) is 9.18. The Morgan fingerprint density at radius 3 is 0.614 bits per heavy atom. The Labute approximate surface area is 276 Å². The van der Waals surface area contributed by atoms with E-state index in [0.29, 0.717) is 77.0 Å². The fourth-order valence-corrected chi connectivity index (χ4v) is 34.1. The Morgan fingerprint density at radius 2 is 0.500 bits per heavy atom. The van der Waals surface area contributed by atoms with Crippen LogP contribution in [0, 0.1) is 0 Å². The van der Waals surface area contributed by atoms with Gasteiger partial charge >= 0.3 is 34.2 Å². The van der Waals surface area contributed by atoms with Gasteiger partial charge < -0.3 is 35.4 Å². The van der Waals surface area contributed by atoms with Crippen LogP contribution in [0.3, 0.4) is 0 Å². The Morgan fingerprint density at radius 1 is 0.341 bits per heavy atom. The van der Waals surface area contributed by atoms with E-state index in [-0.39, 0.29) is 20.2 Å². The van der Waals surface area contributed by atoms with Gasteiger partial charge in [0.1, 0.15) is 0 Å². The van der Waals surface area contributed by atoms with Gasteiger partial charge in [0, 0.05) is 97.2 Å². The highest BCUT2D eigenvalue weighted by Gasteiger charge is 2.71. The quantitative estimate of drug-likeness (QED) is 0.117. The van der Waals surface area contributed by atoms with Crippen molar-refractivity contribution in [2.75, 3.05) is 52.9 Å². The zero-order chi connectivity index (χ0) is 34.1. The normalized spacial score (nSPS) is 29.5. The van der Waals surface area contributed by atoms with Crippen molar-refractivity contribution in [2.45, 2.75) is 155 Å². The van der Waals surface area contributed by atoms with E-state index in [4.69, 9.17) is 35.4 Å². The first-order valence-electron chi connectivity index (χ1n) is 17.2. The minimum absolute atomic E-state index is 0.282. The van der Waals surface area contributed by atoms with Crippen molar-refractivity contribution in [3.8, 4) is 0 Å². The van der Waals surface area contributed by atoms with Crippen LogP contribution in [-0.2, 0) is 35.4 Å². The third-order valence-electron chi connectivity index (χ3n) is 9.01. The van der Waals surface area contributed by atoms with E-state index in [1.807, 2.05) is 27.7 Å². The Balaban J connectivity index is 4.32. The lowest BCUT2D eigenvalue weighted by molar-refractivity contribution is 0.110. The van der Waals surface area contributed by atoms with E-state index in [1.54, 1.807) is 0 Å². The van der Waals surface area contributed by atoms with Gasteiger partial charge in [-0.1, -0.05) is 83.1 Å². The zero-order valence-corrected chi connectivity index (χ0v) is 35.8.